The van der Waals surface area contributed by atoms with E-state index in [4.69, 9.17) is 4.74 Å². The maximum atomic E-state index is 12.4. The molecule has 1 aliphatic rings. The number of ether oxygens (including phenoxy) is 1. The number of rotatable bonds is 5. The smallest absolute Gasteiger partial charge is 0.247 e. The predicted molar refractivity (Wildman–Crippen MR) is 86.5 cm³/mol. The molecule has 5 nitrogen and oxygen atoms in total. The van der Waals surface area contributed by atoms with E-state index in [2.05, 4.69) is 9.55 Å². The molecule has 2 aromatic rings. The number of carbonyl (C=O) groups is 1. The van der Waals surface area contributed by atoms with E-state index in [-0.39, 0.29) is 11.9 Å². The van der Waals surface area contributed by atoms with Crippen molar-refractivity contribution in [1.82, 2.24) is 14.5 Å². The quantitative estimate of drug-likeness (QED) is 0.796. The molecule has 0 radical (unpaired) electrons. The van der Waals surface area contributed by atoms with E-state index in [1.54, 1.807) is 17.4 Å². The first-order valence-electron chi connectivity index (χ1n) is 7.37. The number of nitrogens with zero attached hydrogens (tertiary/aromatic N) is 3. The lowest BCUT2D eigenvalue weighted by atomic mass is 10.2. The van der Waals surface area contributed by atoms with E-state index in [9.17, 15) is 4.79 Å². The van der Waals surface area contributed by atoms with Gasteiger partial charge in [-0.3, -0.25) is 4.79 Å². The number of carbonyl (C=O) groups excluding carboxylic acids is 1. The van der Waals surface area contributed by atoms with Crippen LogP contribution in [0, 0.1) is 0 Å². The topological polar surface area (TPSA) is 47.4 Å². The highest BCUT2D eigenvalue weighted by atomic mass is 32.1. The Balaban J connectivity index is 1.71. The molecular weight excluding hydrogens is 298 g/mol. The fourth-order valence-electron chi connectivity index (χ4n) is 2.59. The van der Waals surface area contributed by atoms with E-state index in [0.29, 0.717) is 26.3 Å². The molecule has 116 valence electrons. The average molecular weight is 317 g/mol. The molecule has 0 fully saturated rings. The van der Waals surface area contributed by atoms with E-state index >= 15 is 0 Å². The van der Waals surface area contributed by atoms with Crippen LogP contribution in [0.1, 0.15) is 23.5 Å². The third-order valence-electron chi connectivity index (χ3n) is 3.68. The van der Waals surface area contributed by atoms with E-state index in [1.165, 1.54) is 0 Å². The van der Waals surface area contributed by atoms with Crippen LogP contribution in [-0.4, -0.2) is 40.1 Å². The number of thiophene rings is 1. The molecule has 1 atom stereocenters. The minimum absolute atomic E-state index is 0.0300. The van der Waals surface area contributed by atoms with Gasteiger partial charge in [-0.1, -0.05) is 6.07 Å². The number of hydrogen-bond acceptors (Lipinski definition) is 4. The van der Waals surface area contributed by atoms with Gasteiger partial charge in [0.1, 0.15) is 0 Å². The molecule has 0 N–H and O–H groups in total. The molecule has 0 spiro atoms. The van der Waals surface area contributed by atoms with Crippen molar-refractivity contribution in [3.8, 4) is 0 Å². The van der Waals surface area contributed by atoms with Gasteiger partial charge in [0, 0.05) is 30.3 Å². The Bertz CT molecular complexity index is 648. The molecule has 0 saturated heterocycles. The van der Waals surface area contributed by atoms with Crippen LogP contribution in [0.15, 0.2) is 36.1 Å². The lowest BCUT2D eigenvalue weighted by Gasteiger charge is -2.33. The summed E-state index contributed by atoms with van der Waals surface area (Å²) in [7, 11) is 0. The second kappa shape index (κ2) is 6.89. The SMILES string of the molecule is CCOCC1CN(C(=O)/C=C/c2cccs2)Cc2cncn21. The zero-order chi connectivity index (χ0) is 15.4. The Morgan fingerprint density at radius 3 is 3.27 bits per heavy atom. The Kier molecular flexibility index (Phi) is 4.70. The molecule has 22 heavy (non-hydrogen) atoms. The third-order valence-corrected chi connectivity index (χ3v) is 4.52. The molecule has 2 aromatic heterocycles. The average Bonchev–Trinajstić information content (AvgIpc) is 3.20. The van der Waals surface area contributed by atoms with Crippen molar-refractivity contribution in [2.75, 3.05) is 19.8 Å². The van der Waals surface area contributed by atoms with Gasteiger partial charge in [0.25, 0.3) is 0 Å². The maximum absolute atomic E-state index is 12.4. The van der Waals surface area contributed by atoms with Crippen molar-refractivity contribution < 1.29 is 9.53 Å². The molecule has 0 saturated carbocycles. The molecule has 1 amide bonds. The van der Waals surface area contributed by atoms with Crippen molar-refractivity contribution in [1.29, 1.82) is 0 Å². The van der Waals surface area contributed by atoms with Crippen LogP contribution >= 0.6 is 11.3 Å². The summed E-state index contributed by atoms with van der Waals surface area (Å²) in [5.74, 6) is 0.0300. The number of imidazole rings is 1. The Hall–Kier alpha value is -1.92. The first kappa shape index (κ1) is 15.0. The molecule has 6 heteroatoms. The molecule has 3 rings (SSSR count). The summed E-state index contributed by atoms with van der Waals surface area (Å²) >= 11 is 1.62. The monoisotopic (exact) mass is 317 g/mol. The summed E-state index contributed by atoms with van der Waals surface area (Å²) in [6, 6.07) is 4.11. The molecule has 0 bridgehead atoms. The van der Waals surface area contributed by atoms with Crippen molar-refractivity contribution in [3.63, 3.8) is 0 Å². The maximum Gasteiger partial charge on any atom is 0.247 e. The summed E-state index contributed by atoms with van der Waals surface area (Å²) in [5.41, 5.74) is 1.05. The number of hydrogen-bond donors (Lipinski definition) is 0. The summed E-state index contributed by atoms with van der Waals surface area (Å²) in [5, 5.41) is 2.00. The summed E-state index contributed by atoms with van der Waals surface area (Å²) in [6.45, 7) is 4.49. The lowest BCUT2D eigenvalue weighted by molar-refractivity contribution is -0.128. The van der Waals surface area contributed by atoms with Gasteiger partial charge < -0.3 is 14.2 Å². The highest BCUT2D eigenvalue weighted by Gasteiger charge is 2.26. The normalized spacial score (nSPS) is 17.9. The van der Waals surface area contributed by atoms with Crippen molar-refractivity contribution >= 4 is 23.3 Å². The van der Waals surface area contributed by atoms with Crippen molar-refractivity contribution in [2.45, 2.75) is 19.5 Å². The fraction of sp³-hybridized carbons (Fsp3) is 0.375. The molecule has 3 heterocycles. The van der Waals surface area contributed by atoms with Crippen LogP contribution in [0.3, 0.4) is 0 Å². The van der Waals surface area contributed by atoms with Crippen LogP contribution in [-0.2, 0) is 16.1 Å². The van der Waals surface area contributed by atoms with Gasteiger partial charge in [-0.2, -0.15) is 0 Å². The van der Waals surface area contributed by atoms with Gasteiger partial charge in [-0.05, 0) is 24.4 Å². The minimum Gasteiger partial charge on any atom is -0.380 e. The Labute approximate surface area is 133 Å². The zero-order valence-corrected chi connectivity index (χ0v) is 13.3. The first-order valence-corrected chi connectivity index (χ1v) is 8.25. The van der Waals surface area contributed by atoms with Crippen LogP contribution in [0.25, 0.3) is 6.08 Å². The standard InChI is InChI=1S/C16H19N3O2S/c1-2-21-11-14-10-18(9-13-8-17-12-19(13)14)16(20)6-5-15-4-3-7-22-15/h3-8,12,14H,2,9-11H2,1H3/b6-5+. The van der Waals surface area contributed by atoms with Gasteiger partial charge >= 0.3 is 0 Å². The number of amides is 1. The molecule has 1 unspecified atom stereocenters. The largest absolute Gasteiger partial charge is 0.380 e. The van der Waals surface area contributed by atoms with Crippen LogP contribution < -0.4 is 0 Å². The minimum atomic E-state index is 0.0300. The van der Waals surface area contributed by atoms with Gasteiger partial charge in [0.05, 0.1) is 31.2 Å². The van der Waals surface area contributed by atoms with Crippen LogP contribution in [0.4, 0.5) is 0 Å². The summed E-state index contributed by atoms with van der Waals surface area (Å²) in [6.07, 6.45) is 7.16. The van der Waals surface area contributed by atoms with E-state index < -0.39 is 0 Å². The molecular formula is C16H19N3O2S. The fourth-order valence-corrected chi connectivity index (χ4v) is 3.20. The van der Waals surface area contributed by atoms with Crippen LogP contribution in [0.2, 0.25) is 0 Å². The predicted octanol–water partition coefficient (Wildman–Crippen LogP) is 2.58. The molecule has 0 aliphatic carbocycles. The zero-order valence-electron chi connectivity index (χ0n) is 12.5. The number of aromatic nitrogens is 2. The lowest BCUT2D eigenvalue weighted by Crippen LogP contribution is -2.41. The highest BCUT2D eigenvalue weighted by molar-refractivity contribution is 7.10. The second-order valence-electron chi connectivity index (χ2n) is 5.17. The summed E-state index contributed by atoms with van der Waals surface area (Å²) in [4.78, 5) is 19.5. The highest BCUT2D eigenvalue weighted by Crippen LogP contribution is 2.22. The Morgan fingerprint density at radius 1 is 1.59 bits per heavy atom. The Morgan fingerprint density at radius 2 is 2.50 bits per heavy atom. The number of fused-ring (bicyclic) bond motifs is 1. The van der Waals surface area contributed by atoms with Crippen LogP contribution in [0.5, 0.6) is 0 Å². The van der Waals surface area contributed by atoms with Crippen molar-refractivity contribution in [3.05, 3.63) is 46.7 Å². The first-order chi connectivity index (χ1) is 10.8. The van der Waals surface area contributed by atoms with E-state index in [0.717, 1.165) is 10.6 Å². The van der Waals surface area contributed by atoms with E-state index in [1.807, 2.05) is 47.9 Å². The molecule has 1 aliphatic heterocycles. The van der Waals surface area contributed by atoms with Gasteiger partial charge in [-0.15, -0.1) is 11.3 Å². The molecule has 0 aromatic carbocycles. The second-order valence-corrected chi connectivity index (χ2v) is 6.15. The van der Waals surface area contributed by atoms with Gasteiger partial charge in [0.15, 0.2) is 0 Å². The van der Waals surface area contributed by atoms with Crippen molar-refractivity contribution in [2.24, 2.45) is 0 Å². The summed E-state index contributed by atoms with van der Waals surface area (Å²) < 4.78 is 7.66. The van der Waals surface area contributed by atoms with Gasteiger partial charge in [-0.25, -0.2) is 4.98 Å². The van der Waals surface area contributed by atoms with Gasteiger partial charge in [0.2, 0.25) is 5.91 Å². The third kappa shape index (κ3) is 3.28.